The fourth-order valence-electron chi connectivity index (χ4n) is 4.51. The van der Waals surface area contributed by atoms with E-state index in [1.807, 2.05) is 84.9 Å². The van der Waals surface area contributed by atoms with Crippen LogP contribution < -0.4 is 20.3 Å². The first-order valence-corrected chi connectivity index (χ1v) is 12.4. The number of hydrogen-bond donors (Lipinski definition) is 2. The van der Waals surface area contributed by atoms with Crippen molar-refractivity contribution < 1.29 is 14.3 Å². The maximum Gasteiger partial charge on any atom is 0.253 e. The van der Waals surface area contributed by atoms with Crippen LogP contribution in [0.5, 0.6) is 5.75 Å². The summed E-state index contributed by atoms with van der Waals surface area (Å²) in [5, 5.41) is 6.16. The highest BCUT2D eigenvalue weighted by Gasteiger charge is 2.23. The van der Waals surface area contributed by atoms with Crippen LogP contribution in [-0.4, -0.2) is 44.6 Å². The largest absolute Gasteiger partial charge is 0.496 e. The molecule has 1 saturated heterocycles. The predicted molar refractivity (Wildman–Crippen MR) is 144 cm³/mol. The van der Waals surface area contributed by atoms with Gasteiger partial charge in [-0.05, 0) is 54.7 Å². The van der Waals surface area contributed by atoms with Crippen LogP contribution in [0.3, 0.4) is 0 Å². The Morgan fingerprint density at radius 3 is 2.42 bits per heavy atom. The van der Waals surface area contributed by atoms with E-state index < -0.39 is 0 Å². The number of amides is 2. The van der Waals surface area contributed by atoms with Crippen LogP contribution in [0, 0.1) is 0 Å². The van der Waals surface area contributed by atoms with Crippen molar-refractivity contribution in [3.05, 3.63) is 102 Å². The number of nitrogens with one attached hydrogen (secondary N) is 2. The summed E-state index contributed by atoms with van der Waals surface area (Å²) in [6.07, 6.45) is 5.77. The molecule has 0 aliphatic carbocycles. The quantitative estimate of drug-likeness (QED) is 0.441. The van der Waals surface area contributed by atoms with E-state index >= 15 is 0 Å². The zero-order chi connectivity index (χ0) is 25.2. The molecule has 6 heteroatoms. The summed E-state index contributed by atoms with van der Waals surface area (Å²) >= 11 is 0. The summed E-state index contributed by atoms with van der Waals surface area (Å²) in [6, 6.07) is 25.5. The van der Waals surface area contributed by atoms with Crippen LogP contribution in [0.25, 0.3) is 6.08 Å². The van der Waals surface area contributed by atoms with Gasteiger partial charge < -0.3 is 20.3 Å². The third-order valence-electron chi connectivity index (χ3n) is 6.43. The Labute approximate surface area is 213 Å². The molecule has 0 unspecified atom stereocenters. The van der Waals surface area contributed by atoms with Crippen LogP contribution in [0.2, 0.25) is 0 Å². The molecule has 3 aromatic rings. The molecule has 1 fully saturated rings. The molecule has 1 aliphatic rings. The smallest absolute Gasteiger partial charge is 0.253 e. The van der Waals surface area contributed by atoms with Crippen LogP contribution in [0.4, 0.5) is 5.69 Å². The minimum Gasteiger partial charge on any atom is -0.496 e. The first-order valence-electron chi connectivity index (χ1n) is 12.4. The van der Waals surface area contributed by atoms with Gasteiger partial charge in [-0.3, -0.25) is 9.59 Å². The maximum absolute atomic E-state index is 13.0. The first kappa shape index (κ1) is 25.0. The van der Waals surface area contributed by atoms with Gasteiger partial charge in [-0.15, -0.1) is 0 Å². The SMILES string of the molecule is COc1ccccc1CCNC(=O)c1ccccc1N1CCC(NC(=O)C=Cc2ccccc2)CC1. The lowest BCUT2D eigenvalue weighted by molar-refractivity contribution is -0.117. The van der Waals surface area contributed by atoms with E-state index in [1.165, 1.54) is 0 Å². The van der Waals surface area contributed by atoms with Crippen molar-refractivity contribution in [2.24, 2.45) is 0 Å². The molecule has 3 aromatic carbocycles. The van der Waals surface area contributed by atoms with E-state index in [-0.39, 0.29) is 17.9 Å². The van der Waals surface area contributed by atoms with Gasteiger partial charge in [0, 0.05) is 37.4 Å². The van der Waals surface area contributed by atoms with Crippen LogP contribution >= 0.6 is 0 Å². The lowest BCUT2D eigenvalue weighted by Crippen LogP contribution is -2.44. The van der Waals surface area contributed by atoms with Gasteiger partial charge in [0.25, 0.3) is 5.91 Å². The Morgan fingerprint density at radius 2 is 1.64 bits per heavy atom. The molecule has 0 radical (unpaired) electrons. The number of carbonyl (C=O) groups excluding carboxylic acids is 2. The van der Waals surface area contributed by atoms with E-state index in [2.05, 4.69) is 15.5 Å². The average molecular weight is 484 g/mol. The van der Waals surface area contributed by atoms with Crippen molar-refractivity contribution in [1.29, 1.82) is 0 Å². The van der Waals surface area contributed by atoms with E-state index in [0.29, 0.717) is 18.5 Å². The number of carbonyl (C=O) groups is 2. The fraction of sp³-hybridized carbons (Fsp3) is 0.267. The van der Waals surface area contributed by atoms with Gasteiger partial charge in [0.15, 0.2) is 0 Å². The minimum atomic E-state index is -0.0815. The highest BCUT2D eigenvalue weighted by molar-refractivity contribution is 5.99. The topological polar surface area (TPSA) is 70.7 Å². The van der Waals surface area contributed by atoms with Crippen molar-refractivity contribution in [2.45, 2.75) is 25.3 Å². The van der Waals surface area contributed by atoms with E-state index in [4.69, 9.17) is 4.74 Å². The number of ether oxygens (including phenoxy) is 1. The minimum absolute atomic E-state index is 0.0767. The zero-order valence-corrected chi connectivity index (χ0v) is 20.7. The lowest BCUT2D eigenvalue weighted by Gasteiger charge is -2.34. The normalized spacial score (nSPS) is 14.0. The summed E-state index contributed by atoms with van der Waals surface area (Å²) in [4.78, 5) is 27.6. The number of anilines is 1. The molecular formula is C30H33N3O3. The Morgan fingerprint density at radius 1 is 0.944 bits per heavy atom. The van der Waals surface area contributed by atoms with E-state index in [1.54, 1.807) is 13.2 Å². The Kier molecular flexibility index (Phi) is 8.76. The Bertz CT molecular complexity index is 1180. The Hall–Kier alpha value is -4.06. The van der Waals surface area contributed by atoms with Crippen molar-refractivity contribution >= 4 is 23.6 Å². The van der Waals surface area contributed by atoms with Gasteiger partial charge in [-0.2, -0.15) is 0 Å². The van der Waals surface area contributed by atoms with Crippen molar-refractivity contribution in [3.63, 3.8) is 0 Å². The highest BCUT2D eigenvalue weighted by atomic mass is 16.5. The van der Waals surface area contributed by atoms with Gasteiger partial charge in [0.05, 0.1) is 12.7 Å². The number of methoxy groups -OCH3 is 1. The molecule has 4 rings (SSSR count). The summed E-state index contributed by atoms with van der Waals surface area (Å²) in [6.45, 7) is 2.08. The van der Waals surface area contributed by atoms with Gasteiger partial charge >= 0.3 is 0 Å². The zero-order valence-electron chi connectivity index (χ0n) is 20.7. The van der Waals surface area contributed by atoms with E-state index in [9.17, 15) is 9.59 Å². The summed E-state index contributed by atoms with van der Waals surface area (Å²) in [7, 11) is 1.66. The monoisotopic (exact) mass is 483 g/mol. The second-order valence-electron chi connectivity index (χ2n) is 8.85. The fourth-order valence-corrected chi connectivity index (χ4v) is 4.51. The number of nitrogens with zero attached hydrogens (tertiary/aromatic N) is 1. The number of piperidine rings is 1. The number of hydrogen-bond acceptors (Lipinski definition) is 4. The maximum atomic E-state index is 13.0. The van der Waals surface area contributed by atoms with Crippen LogP contribution in [0.1, 0.15) is 34.3 Å². The van der Waals surface area contributed by atoms with Crippen molar-refractivity contribution in [1.82, 2.24) is 10.6 Å². The summed E-state index contributed by atoms with van der Waals surface area (Å²) < 4.78 is 5.40. The molecule has 6 nitrogen and oxygen atoms in total. The summed E-state index contributed by atoms with van der Waals surface area (Å²) in [5.74, 6) is 0.673. The van der Waals surface area contributed by atoms with Gasteiger partial charge in [0.2, 0.25) is 5.91 Å². The van der Waals surface area contributed by atoms with Crippen molar-refractivity contribution in [3.8, 4) is 5.75 Å². The van der Waals surface area contributed by atoms with Gasteiger partial charge in [-0.25, -0.2) is 0 Å². The van der Waals surface area contributed by atoms with Crippen LogP contribution in [-0.2, 0) is 11.2 Å². The third-order valence-corrected chi connectivity index (χ3v) is 6.43. The second kappa shape index (κ2) is 12.6. The predicted octanol–water partition coefficient (Wildman–Crippen LogP) is 4.47. The molecule has 0 bridgehead atoms. The number of rotatable bonds is 9. The molecule has 186 valence electrons. The third kappa shape index (κ3) is 6.75. The molecule has 1 heterocycles. The first-order chi connectivity index (χ1) is 17.6. The molecule has 0 saturated carbocycles. The molecule has 1 aliphatic heterocycles. The summed E-state index contributed by atoms with van der Waals surface area (Å²) in [5.41, 5.74) is 3.67. The molecule has 36 heavy (non-hydrogen) atoms. The highest BCUT2D eigenvalue weighted by Crippen LogP contribution is 2.24. The average Bonchev–Trinajstić information content (AvgIpc) is 2.93. The molecular weight excluding hydrogens is 450 g/mol. The lowest BCUT2D eigenvalue weighted by atomic mass is 10.0. The molecule has 2 N–H and O–H groups in total. The van der Waals surface area contributed by atoms with E-state index in [0.717, 1.165) is 48.5 Å². The molecule has 0 atom stereocenters. The Balaban J connectivity index is 1.29. The number of benzene rings is 3. The van der Waals surface area contributed by atoms with Gasteiger partial charge in [0.1, 0.15) is 5.75 Å². The van der Waals surface area contributed by atoms with Crippen LogP contribution in [0.15, 0.2) is 84.9 Å². The standard InChI is InChI=1S/C30H33N3O3/c1-36-28-14-8-5-11-24(28)17-20-31-30(35)26-12-6-7-13-27(26)33-21-18-25(19-22-33)32-29(34)16-15-23-9-3-2-4-10-23/h2-16,25H,17-22H2,1H3,(H,31,35)(H,32,34). The van der Waals surface area contributed by atoms with Crippen molar-refractivity contribution in [2.75, 3.05) is 31.6 Å². The second-order valence-corrected chi connectivity index (χ2v) is 8.85. The van der Waals surface area contributed by atoms with Gasteiger partial charge in [-0.1, -0.05) is 60.7 Å². The molecule has 0 aromatic heterocycles. The number of para-hydroxylation sites is 2. The molecule has 0 spiro atoms. The molecule has 2 amide bonds.